The van der Waals surface area contributed by atoms with Crippen molar-refractivity contribution in [2.75, 3.05) is 12.4 Å². The third-order valence-corrected chi connectivity index (χ3v) is 5.02. The van der Waals surface area contributed by atoms with E-state index in [9.17, 15) is 10.0 Å². The Kier molecular flexibility index (Phi) is 5.40. The molecule has 154 valence electrons. The lowest BCUT2D eigenvalue weighted by Crippen LogP contribution is -2.37. The highest BCUT2D eigenvalue weighted by Gasteiger charge is 2.25. The van der Waals surface area contributed by atoms with E-state index in [0.29, 0.717) is 29.0 Å². The summed E-state index contributed by atoms with van der Waals surface area (Å²) in [6, 6.07) is 1.80. The molecule has 0 fully saturated rings. The Hall–Kier alpha value is -2.87. The van der Waals surface area contributed by atoms with Crippen molar-refractivity contribution in [3.8, 4) is 5.75 Å². The van der Waals surface area contributed by atoms with Gasteiger partial charge < -0.3 is 9.30 Å². The molecule has 9 heteroatoms. The molecule has 8 nitrogen and oxygen atoms in total. The number of aromatic nitrogens is 4. The van der Waals surface area contributed by atoms with Crippen LogP contribution in [-0.2, 0) is 11.3 Å². The van der Waals surface area contributed by atoms with Gasteiger partial charge in [0.15, 0.2) is 0 Å². The average molecular weight is 419 g/mol. The minimum absolute atomic E-state index is 0.137. The van der Waals surface area contributed by atoms with Crippen LogP contribution in [0.2, 0.25) is 5.15 Å². The van der Waals surface area contributed by atoms with E-state index >= 15 is 0 Å². The number of methoxy groups -OCH3 is 1. The molecule has 0 saturated carbocycles. The van der Waals surface area contributed by atoms with Gasteiger partial charge in [0, 0.05) is 16.3 Å². The van der Waals surface area contributed by atoms with Gasteiger partial charge in [-0.25, -0.2) is 0 Å². The molecule has 0 saturated heterocycles. The summed E-state index contributed by atoms with van der Waals surface area (Å²) in [6.07, 6.45) is 3.41. The van der Waals surface area contributed by atoms with Gasteiger partial charge in [-0.2, -0.15) is 9.97 Å². The second-order valence-electron chi connectivity index (χ2n) is 7.98. The highest BCUT2D eigenvalue weighted by atomic mass is 35.5. The largest absolute Gasteiger partial charge is 0.496 e. The summed E-state index contributed by atoms with van der Waals surface area (Å²) in [5.41, 5.74) is 2.24. The second kappa shape index (κ2) is 7.51. The van der Waals surface area contributed by atoms with Gasteiger partial charge in [0.25, 0.3) is 5.69 Å². The van der Waals surface area contributed by atoms with E-state index in [0.717, 1.165) is 15.9 Å². The third-order valence-electron chi connectivity index (χ3n) is 4.73. The number of aryl methyl sites for hydroxylation is 1. The zero-order chi connectivity index (χ0) is 21.5. The number of carbonyl (C=O) groups is 1. The smallest absolute Gasteiger partial charge is 0.260 e. The zero-order valence-corrected chi connectivity index (χ0v) is 18.1. The van der Waals surface area contributed by atoms with Crippen LogP contribution in [0, 0.1) is 19.3 Å². The first-order chi connectivity index (χ1) is 13.5. The van der Waals surface area contributed by atoms with Crippen LogP contribution >= 0.6 is 11.6 Å². The summed E-state index contributed by atoms with van der Waals surface area (Å²) in [5.74, 6) is 0.642. The minimum atomic E-state index is -0.592. The molecular formula is C20H25ClN5O3+. The first kappa shape index (κ1) is 20.9. The van der Waals surface area contributed by atoms with Crippen molar-refractivity contribution < 1.29 is 19.5 Å². The van der Waals surface area contributed by atoms with Gasteiger partial charge in [0.1, 0.15) is 23.1 Å². The normalized spacial score (nSPS) is 11.7. The second-order valence-corrected chi connectivity index (χ2v) is 8.34. The van der Waals surface area contributed by atoms with Crippen molar-refractivity contribution in [2.24, 2.45) is 5.41 Å². The van der Waals surface area contributed by atoms with E-state index < -0.39 is 5.41 Å². The maximum Gasteiger partial charge on any atom is 0.260 e. The lowest BCUT2D eigenvalue weighted by atomic mass is 9.96. The van der Waals surface area contributed by atoms with Gasteiger partial charge in [-0.15, -0.1) is 0 Å². The standard InChI is InChI=1S/C20H24ClN5O3/c1-11-9-26(28)14(12(2)15(11)29-6)10-25-8-7-13-16(21)22-19(23-17(13)25)24-18(27)20(3,4)5/h7-9H,10H2,1-6H3,(H-,22,23,24,27,28)/p+1. The maximum absolute atomic E-state index is 12.3. The fourth-order valence-electron chi connectivity index (χ4n) is 3.09. The van der Waals surface area contributed by atoms with Crippen LogP contribution in [0.3, 0.4) is 0 Å². The SMILES string of the molecule is COc1c(C)c[n+](O)c(Cn2ccc3c(Cl)nc(NC(=O)C(C)(C)C)nc32)c1C. The minimum Gasteiger partial charge on any atom is -0.496 e. The number of hydrogen-bond acceptors (Lipinski definition) is 5. The van der Waals surface area contributed by atoms with Crippen LogP contribution in [0.1, 0.15) is 37.6 Å². The summed E-state index contributed by atoms with van der Waals surface area (Å²) in [6.45, 7) is 9.49. The van der Waals surface area contributed by atoms with Gasteiger partial charge in [-0.1, -0.05) is 32.4 Å². The van der Waals surface area contributed by atoms with E-state index in [1.165, 1.54) is 0 Å². The van der Waals surface area contributed by atoms with E-state index in [1.807, 2.05) is 24.6 Å². The first-order valence-electron chi connectivity index (χ1n) is 9.14. The predicted molar refractivity (Wildman–Crippen MR) is 110 cm³/mol. The molecule has 0 radical (unpaired) electrons. The number of amides is 1. The zero-order valence-electron chi connectivity index (χ0n) is 17.4. The molecule has 3 heterocycles. The number of anilines is 1. The highest BCUT2D eigenvalue weighted by molar-refractivity contribution is 6.34. The van der Waals surface area contributed by atoms with Gasteiger partial charge in [-0.05, 0) is 19.9 Å². The molecule has 0 aliphatic heterocycles. The molecule has 0 atom stereocenters. The van der Waals surface area contributed by atoms with Crippen LogP contribution in [0.4, 0.5) is 5.95 Å². The van der Waals surface area contributed by atoms with Gasteiger partial charge in [-0.3, -0.25) is 15.3 Å². The van der Waals surface area contributed by atoms with Crippen molar-refractivity contribution in [2.45, 2.75) is 41.2 Å². The summed E-state index contributed by atoms with van der Waals surface area (Å²) >= 11 is 6.32. The summed E-state index contributed by atoms with van der Waals surface area (Å²) in [4.78, 5) is 21.0. The molecule has 0 aliphatic carbocycles. The molecule has 0 aromatic carbocycles. The van der Waals surface area contributed by atoms with Crippen LogP contribution < -0.4 is 14.8 Å². The number of nitrogens with one attached hydrogen (secondary N) is 1. The Labute approximate surface area is 174 Å². The third kappa shape index (κ3) is 3.98. The Morgan fingerprint density at radius 3 is 2.66 bits per heavy atom. The number of fused-ring (bicyclic) bond motifs is 1. The highest BCUT2D eigenvalue weighted by Crippen LogP contribution is 2.27. The monoisotopic (exact) mass is 418 g/mol. The Morgan fingerprint density at radius 2 is 2.03 bits per heavy atom. The first-order valence-corrected chi connectivity index (χ1v) is 9.52. The van der Waals surface area contributed by atoms with E-state index in [1.54, 1.807) is 40.1 Å². The lowest BCUT2D eigenvalue weighted by molar-refractivity contribution is -0.910. The molecule has 0 spiro atoms. The van der Waals surface area contributed by atoms with Gasteiger partial charge >= 0.3 is 0 Å². The molecule has 3 rings (SSSR count). The maximum atomic E-state index is 12.3. The molecular weight excluding hydrogens is 394 g/mol. The van der Waals surface area contributed by atoms with Crippen molar-refractivity contribution in [3.63, 3.8) is 0 Å². The molecule has 29 heavy (non-hydrogen) atoms. The number of halogens is 1. The van der Waals surface area contributed by atoms with Crippen LogP contribution in [0.5, 0.6) is 5.75 Å². The van der Waals surface area contributed by atoms with Crippen LogP contribution in [-0.4, -0.2) is 32.8 Å². The van der Waals surface area contributed by atoms with E-state index in [2.05, 4.69) is 15.3 Å². The topological polar surface area (TPSA) is 93.2 Å². The molecule has 1 amide bonds. The molecule has 0 aliphatic rings. The van der Waals surface area contributed by atoms with E-state index in [4.69, 9.17) is 16.3 Å². The Morgan fingerprint density at radius 1 is 1.34 bits per heavy atom. The average Bonchev–Trinajstić information content (AvgIpc) is 3.01. The Balaban J connectivity index is 2.05. The summed E-state index contributed by atoms with van der Waals surface area (Å²) in [5, 5.41) is 14.0. The molecule has 0 unspecified atom stereocenters. The molecule has 2 N–H and O–H groups in total. The lowest BCUT2D eigenvalue weighted by Gasteiger charge is -2.17. The number of hydrogen-bond donors (Lipinski definition) is 2. The number of nitrogens with zero attached hydrogens (tertiary/aromatic N) is 4. The fraction of sp³-hybridized carbons (Fsp3) is 0.400. The number of rotatable bonds is 4. The fourth-order valence-corrected chi connectivity index (χ4v) is 3.31. The van der Waals surface area contributed by atoms with Crippen molar-refractivity contribution in [1.82, 2.24) is 14.5 Å². The van der Waals surface area contributed by atoms with Crippen molar-refractivity contribution in [3.05, 3.63) is 40.4 Å². The summed E-state index contributed by atoms with van der Waals surface area (Å²) < 4.78 is 8.38. The van der Waals surface area contributed by atoms with Crippen LogP contribution in [0.25, 0.3) is 11.0 Å². The van der Waals surface area contributed by atoms with Gasteiger partial charge in [0.2, 0.25) is 18.1 Å². The van der Waals surface area contributed by atoms with E-state index in [-0.39, 0.29) is 17.0 Å². The van der Waals surface area contributed by atoms with Crippen LogP contribution in [0.15, 0.2) is 18.5 Å². The number of ether oxygens (including phenoxy) is 1. The number of pyridine rings is 1. The molecule has 3 aromatic rings. The van der Waals surface area contributed by atoms with Crippen molar-refractivity contribution in [1.29, 1.82) is 0 Å². The Bertz CT molecular complexity index is 1100. The quantitative estimate of drug-likeness (QED) is 0.385. The predicted octanol–water partition coefficient (Wildman–Crippen LogP) is 3.27. The molecule has 0 bridgehead atoms. The summed E-state index contributed by atoms with van der Waals surface area (Å²) in [7, 11) is 1.60. The van der Waals surface area contributed by atoms with Gasteiger partial charge in [0.05, 0.1) is 23.6 Å². The molecule has 3 aromatic heterocycles. The van der Waals surface area contributed by atoms with Crippen molar-refractivity contribution >= 4 is 34.5 Å². The number of carbonyl (C=O) groups excluding carboxylic acids is 1.